The highest BCUT2D eigenvalue weighted by atomic mass is 127. The van der Waals surface area contributed by atoms with Gasteiger partial charge in [0.25, 0.3) is 0 Å². The van der Waals surface area contributed by atoms with Gasteiger partial charge in [-0.05, 0) is 57.8 Å². The zero-order chi connectivity index (χ0) is 20.0. The molecule has 0 unspecified atom stereocenters. The summed E-state index contributed by atoms with van der Waals surface area (Å²) in [5.41, 5.74) is 4.21. The minimum Gasteiger partial charge on any atom is -0.495 e. The molecule has 2 aromatic heterocycles. The average molecular weight is 506 g/mol. The highest BCUT2D eigenvalue weighted by Gasteiger charge is 2.24. The standard InChI is InChI=1S/C23H18ClFINO/c1-23(2,3)11-5-6-18-14(7-11)20-21-13(9-17(26)22(20)28-4)12-8-15(24)16(25)10-19(12)27(18)21/h5-10H,1-4H3. The van der Waals surface area contributed by atoms with Crippen molar-refractivity contribution in [3.8, 4) is 5.75 Å². The molecule has 2 nitrogen and oxygen atoms in total. The van der Waals surface area contributed by atoms with Crippen molar-refractivity contribution >= 4 is 72.3 Å². The van der Waals surface area contributed by atoms with Gasteiger partial charge in [-0.3, -0.25) is 0 Å². The summed E-state index contributed by atoms with van der Waals surface area (Å²) in [4.78, 5) is 0. The van der Waals surface area contributed by atoms with Crippen molar-refractivity contribution < 1.29 is 9.13 Å². The maximum absolute atomic E-state index is 14.4. The molecule has 0 bridgehead atoms. The SMILES string of the molecule is COc1c(I)cc2c3cc(Cl)c(F)cc3n3c4ccc(C(C)(C)C)cc4c1c23. The Labute approximate surface area is 180 Å². The third-order valence-corrected chi connectivity index (χ3v) is 6.67. The number of halogens is 3. The summed E-state index contributed by atoms with van der Waals surface area (Å²) in [6.07, 6.45) is 0. The second-order valence-corrected chi connectivity index (χ2v) is 9.83. The molecule has 0 radical (unpaired) electrons. The summed E-state index contributed by atoms with van der Waals surface area (Å²) >= 11 is 8.42. The first-order valence-corrected chi connectivity index (χ1v) is 10.5. The van der Waals surface area contributed by atoms with Gasteiger partial charge in [0, 0.05) is 22.2 Å². The van der Waals surface area contributed by atoms with Crippen molar-refractivity contribution in [1.82, 2.24) is 4.40 Å². The third-order valence-electron chi connectivity index (χ3n) is 5.58. The van der Waals surface area contributed by atoms with E-state index in [1.807, 2.05) is 0 Å². The molecular formula is C23H18ClFINO. The molecule has 0 aliphatic heterocycles. The first-order valence-electron chi connectivity index (χ1n) is 9.07. The molecule has 5 aromatic rings. The smallest absolute Gasteiger partial charge is 0.143 e. The van der Waals surface area contributed by atoms with Crippen molar-refractivity contribution in [1.29, 1.82) is 0 Å². The largest absolute Gasteiger partial charge is 0.495 e. The number of aromatic nitrogens is 1. The lowest BCUT2D eigenvalue weighted by Crippen LogP contribution is -2.10. The quantitative estimate of drug-likeness (QED) is 0.215. The van der Waals surface area contributed by atoms with Gasteiger partial charge < -0.3 is 9.14 Å². The van der Waals surface area contributed by atoms with Crippen LogP contribution in [0.2, 0.25) is 5.02 Å². The Morgan fingerprint density at radius 1 is 1.00 bits per heavy atom. The summed E-state index contributed by atoms with van der Waals surface area (Å²) in [6.45, 7) is 6.62. The van der Waals surface area contributed by atoms with Crippen LogP contribution in [-0.4, -0.2) is 11.5 Å². The monoisotopic (exact) mass is 505 g/mol. The van der Waals surface area contributed by atoms with Gasteiger partial charge in [0.05, 0.1) is 37.6 Å². The molecule has 0 saturated carbocycles. The van der Waals surface area contributed by atoms with Crippen molar-refractivity contribution in [2.24, 2.45) is 0 Å². The molecule has 2 heterocycles. The predicted molar refractivity (Wildman–Crippen MR) is 124 cm³/mol. The normalized spacial score (nSPS) is 12.8. The van der Waals surface area contributed by atoms with Crippen LogP contribution in [0.25, 0.3) is 38.1 Å². The van der Waals surface area contributed by atoms with Crippen LogP contribution >= 0.6 is 34.2 Å². The summed E-state index contributed by atoms with van der Waals surface area (Å²) in [6, 6.07) is 11.9. The predicted octanol–water partition coefficient (Wildman–Crippen LogP) is 7.54. The molecule has 0 aliphatic rings. The Morgan fingerprint density at radius 3 is 2.43 bits per heavy atom. The Balaban J connectivity index is 2.12. The number of benzene rings is 3. The summed E-state index contributed by atoms with van der Waals surface area (Å²) in [5.74, 6) is 0.449. The van der Waals surface area contributed by atoms with Crippen molar-refractivity contribution in [2.75, 3.05) is 7.11 Å². The molecule has 28 heavy (non-hydrogen) atoms. The molecule has 0 aliphatic carbocycles. The molecule has 142 valence electrons. The van der Waals surface area contributed by atoms with E-state index in [-0.39, 0.29) is 10.4 Å². The highest BCUT2D eigenvalue weighted by molar-refractivity contribution is 14.1. The maximum atomic E-state index is 14.4. The van der Waals surface area contributed by atoms with Crippen LogP contribution in [0.3, 0.4) is 0 Å². The maximum Gasteiger partial charge on any atom is 0.143 e. The molecule has 0 amide bonds. The van der Waals surface area contributed by atoms with Crippen LogP contribution in [0.4, 0.5) is 4.39 Å². The molecular weight excluding hydrogens is 488 g/mol. The van der Waals surface area contributed by atoms with Gasteiger partial charge in [0.1, 0.15) is 11.6 Å². The Hall–Kier alpha value is -1.79. The van der Waals surface area contributed by atoms with Gasteiger partial charge in [-0.2, -0.15) is 0 Å². The van der Waals surface area contributed by atoms with Crippen LogP contribution in [0.15, 0.2) is 36.4 Å². The van der Waals surface area contributed by atoms with Crippen molar-refractivity contribution in [3.63, 3.8) is 0 Å². The van der Waals surface area contributed by atoms with E-state index in [0.717, 1.165) is 47.4 Å². The summed E-state index contributed by atoms with van der Waals surface area (Å²) < 4.78 is 23.3. The lowest BCUT2D eigenvalue weighted by Gasteiger charge is -2.19. The first-order chi connectivity index (χ1) is 13.2. The van der Waals surface area contributed by atoms with Crippen LogP contribution in [0, 0.1) is 9.39 Å². The fourth-order valence-electron chi connectivity index (χ4n) is 4.21. The fourth-order valence-corrected chi connectivity index (χ4v) is 5.18. The number of nitrogens with zero attached hydrogens (tertiary/aromatic N) is 1. The van der Waals surface area contributed by atoms with E-state index in [9.17, 15) is 4.39 Å². The minimum absolute atomic E-state index is 0.0300. The molecule has 3 aromatic carbocycles. The van der Waals surface area contributed by atoms with E-state index in [0.29, 0.717) is 0 Å². The fraction of sp³-hybridized carbons (Fsp3) is 0.217. The average Bonchev–Trinajstić information content (AvgIpc) is 3.11. The first kappa shape index (κ1) is 18.3. The molecule has 0 fully saturated rings. The van der Waals surface area contributed by atoms with Crippen LogP contribution in [-0.2, 0) is 5.41 Å². The molecule has 0 saturated heterocycles. The second kappa shape index (κ2) is 5.86. The number of ether oxygens (including phenoxy) is 1. The van der Waals surface area contributed by atoms with Gasteiger partial charge in [0.15, 0.2) is 0 Å². The zero-order valence-electron chi connectivity index (χ0n) is 16.0. The van der Waals surface area contributed by atoms with E-state index >= 15 is 0 Å². The number of methoxy groups -OCH3 is 1. The van der Waals surface area contributed by atoms with E-state index in [4.69, 9.17) is 16.3 Å². The second-order valence-electron chi connectivity index (χ2n) is 8.26. The number of hydrogen-bond acceptors (Lipinski definition) is 1. The minimum atomic E-state index is -0.406. The topological polar surface area (TPSA) is 13.6 Å². The molecule has 0 N–H and O–H groups in total. The van der Waals surface area contributed by atoms with E-state index in [1.54, 1.807) is 13.2 Å². The molecule has 0 atom stereocenters. The Bertz CT molecular complexity index is 1410. The Kier molecular flexibility index (Phi) is 3.82. The van der Waals surface area contributed by atoms with Gasteiger partial charge >= 0.3 is 0 Å². The number of rotatable bonds is 1. The highest BCUT2D eigenvalue weighted by Crippen LogP contribution is 2.46. The van der Waals surface area contributed by atoms with E-state index < -0.39 is 5.82 Å². The van der Waals surface area contributed by atoms with E-state index in [2.05, 4.69) is 72.0 Å². The molecule has 0 spiro atoms. The number of fused-ring (bicyclic) bond motifs is 6. The van der Waals surface area contributed by atoms with Gasteiger partial charge in [-0.1, -0.05) is 38.4 Å². The van der Waals surface area contributed by atoms with Crippen LogP contribution in [0.1, 0.15) is 26.3 Å². The summed E-state index contributed by atoms with van der Waals surface area (Å²) in [5, 5.41) is 4.35. The van der Waals surface area contributed by atoms with Crippen LogP contribution in [0.5, 0.6) is 5.75 Å². The lowest BCUT2D eigenvalue weighted by atomic mass is 9.86. The zero-order valence-corrected chi connectivity index (χ0v) is 18.9. The van der Waals surface area contributed by atoms with Gasteiger partial charge in [0.2, 0.25) is 0 Å². The number of hydrogen-bond donors (Lipinski definition) is 0. The molecule has 5 heteroatoms. The van der Waals surface area contributed by atoms with Crippen molar-refractivity contribution in [2.45, 2.75) is 26.2 Å². The van der Waals surface area contributed by atoms with Gasteiger partial charge in [-0.15, -0.1) is 0 Å². The Morgan fingerprint density at radius 2 is 1.75 bits per heavy atom. The molecule has 5 rings (SSSR count). The third kappa shape index (κ3) is 2.31. The van der Waals surface area contributed by atoms with E-state index in [1.165, 1.54) is 11.6 Å². The van der Waals surface area contributed by atoms with Crippen LogP contribution < -0.4 is 4.74 Å². The van der Waals surface area contributed by atoms with Crippen molar-refractivity contribution in [3.05, 3.63) is 56.4 Å². The van der Waals surface area contributed by atoms with Gasteiger partial charge in [-0.25, -0.2) is 4.39 Å². The lowest BCUT2D eigenvalue weighted by molar-refractivity contribution is 0.417. The summed E-state index contributed by atoms with van der Waals surface area (Å²) in [7, 11) is 1.70.